The number of hydrogen-bond acceptors (Lipinski definition) is 6. The van der Waals surface area contributed by atoms with Gasteiger partial charge in [0.05, 0.1) is 37.6 Å². The number of benzene rings is 1. The minimum Gasteiger partial charge on any atom is -0.478 e. The monoisotopic (exact) mass is 398 g/mol. The Morgan fingerprint density at radius 1 is 0.750 bits per heavy atom. The first kappa shape index (κ1) is 24.0. The van der Waals surface area contributed by atoms with Crippen molar-refractivity contribution in [2.75, 3.05) is 39.6 Å². The molecule has 0 aromatic heterocycles. The molecule has 0 saturated carbocycles. The lowest BCUT2D eigenvalue weighted by molar-refractivity contribution is 0.0693. The molecule has 158 valence electrons. The first-order valence-corrected chi connectivity index (χ1v) is 9.51. The molecule has 1 aromatic carbocycles. The zero-order chi connectivity index (χ0) is 20.8. The van der Waals surface area contributed by atoms with Gasteiger partial charge in [-0.25, -0.2) is 9.59 Å². The first-order valence-electron chi connectivity index (χ1n) is 9.51. The normalized spacial score (nSPS) is 10.9. The number of carbonyl (C=O) groups is 2. The van der Waals surface area contributed by atoms with Crippen molar-refractivity contribution >= 4 is 11.9 Å². The van der Waals surface area contributed by atoms with Crippen molar-refractivity contribution in [3.8, 4) is 0 Å². The molecule has 0 aliphatic carbocycles. The second-order valence-electron chi connectivity index (χ2n) is 6.32. The summed E-state index contributed by atoms with van der Waals surface area (Å²) < 4.78 is 10.4. The molecule has 0 spiro atoms. The summed E-state index contributed by atoms with van der Waals surface area (Å²) in [7, 11) is 0. The van der Waals surface area contributed by atoms with Gasteiger partial charge in [0.15, 0.2) is 0 Å². The molecule has 0 aliphatic rings. The number of aliphatic hydroxyl groups excluding tert-OH is 2. The van der Waals surface area contributed by atoms with Crippen LogP contribution in [0.2, 0.25) is 0 Å². The molecule has 28 heavy (non-hydrogen) atoms. The number of aliphatic hydroxyl groups is 2. The number of carboxylic acid groups (broad SMARTS) is 2. The van der Waals surface area contributed by atoms with Crippen LogP contribution in [0.15, 0.2) is 12.1 Å². The molecular weight excluding hydrogens is 368 g/mol. The molecule has 0 fully saturated rings. The number of aromatic carboxylic acids is 2. The summed E-state index contributed by atoms with van der Waals surface area (Å²) in [6.45, 7) is 1.35. The quantitative estimate of drug-likeness (QED) is 0.310. The highest BCUT2D eigenvalue weighted by molar-refractivity contribution is 5.97. The Hall–Kier alpha value is -2.00. The van der Waals surface area contributed by atoms with Crippen LogP contribution in [-0.2, 0) is 22.3 Å². The Balaban J connectivity index is 2.84. The van der Waals surface area contributed by atoms with E-state index in [0.29, 0.717) is 56.4 Å². The Bertz CT molecular complexity index is 614. The van der Waals surface area contributed by atoms with E-state index in [2.05, 4.69) is 0 Å². The molecule has 1 rings (SSSR count). The van der Waals surface area contributed by atoms with Crippen molar-refractivity contribution in [3.63, 3.8) is 0 Å². The summed E-state index contributed by atoms with van der Waals surface area (Å²) in [6, 6.07) is 3.05. The Labute approximate surface area is 164 Å². The topological polar surface area (TPSA) is 134 Å². The van der Waals surface area contributed by atoms with Gasteiger partial charge < -0.3 is 29.9 Å². The molecule has 0 saturated heterocycles. The second-order valence-corrected chi connectivity index (χ2v) is 6.32. The number of rotatable bonds is 16. The molecule has 8 nitrogen and oxygen atoms in total. The molecule has 1 aromatic rings. The smallest absolute Gasteiger partial charge is 0.336 e. The molecule has 4 N–H and O–H groups in total. The van der Waals surface area contributed by atoms with Crippen LogP contribution in [0.4, 0.5) is 0 Å². The fourth-order valence-corrected chi connectivity index (χ4v) is 2.99. The maximum absolute atomic E-state index is 11.9. The van der Waals surface area contributed by atoms with E-state index in [0.717, 1.165) is 6.42 Å². The van der Waals surface area contributed by atoms with Crippen molar-refractivity contribution in [2.24, 2.45) is 0 Å². The highest BCUT2D eigenvalue weighted by atomic mass is 16.5. The molecule has 0 aliphatic heterocycles. The average Bonchev–Trinajstić information content (AvgIpc) is 2.66. The Morgan fingerprint density at radius 2 is 1.32 bits per heavy atom. The van der Waals surface area contributed by atoms with Crippen LogP contribution in [-0.4, -0.2) is 72.0 Å². The number of hydrogen-bond donors (Lipinski definition) is 4. The summed E-state index contributed by atoms with van der Waals surface area (Å²) >= 11 is 0. The maximum atomic E-state index is 11.9. The third-order valence-electron chi connectivity index (χ3n) is 4.26. The lowest BCUT2D eigenvalue weighted by Crippen LogP contribution is -2.14. The minimum absolute atomic E-state index is 0.0173. The standard InChI is InChI=1S/C20H30O8/c21-9-13-27-11-3-1-5-15-7-8-17(19(23)24)16(18(15)20(25)26)6-2-4-12-28-14-10-22/h7-8,21-22H,1-6,9-14H2,(H,23,24)(H,25,26). The number of carboxylic acids is 2. The van der Waals surface area contributed by atoms with Crippen LogP contribution in [0.25, 0.3) is 0 Å². The summed E-state index contributed by atoms with van der Waals surface area (Å²) in [4.78, 5) is 23.4. The largest absolute Gasteiger partial charge is 0.478 e. The van der Waals surface area contributed by atoms with Gasteiger partial charge in [-0.1, -0.05) is 6.07 Å². The Morgan fingerprint density at radius 3 is 1.82 bits per heavy atom. The van der Waals surface area contributed by atoms with Crippen molar-refractivity contribution in [3.05, 3.63) is 34.4 Å². The van der Waals surface area contributed by atoms with Crippen LogP contribution in [0.3, 0.4) is 0 Å². The van der Waals surface area contributed by atoms with Crippen LogP contribution < -0.4 is 0 Å². The number of unbranched alkanes of at least 4 members (excludes halogenated alkanes) is 2. The van der Waals surface area contributed by atoms with Gasteiger partial charge in [0.2, 0.25) is 0 Å². The molecular formula is C20H30O8. The number of ether oxygens (including phenoxy) is 2. The highest BCUT2D eigenvalue weighted by Crippen LogP contribution is 2.24. The zero-order valence-corrected chi connectivity index (χ0v) is 16.1. The average molecular weight is 398 g/mol. The third kappa shape index (κ3) is 8.35. The van der Waals surface area contributed by atoms with Gasteiger partial charge in [-0.15, -0.1) is 0 Å². The van der Waals surface area contributed by atoms with E-state index >= 15 is 0 Å². The second kappa shape index (κ2) is 14.1. The molecule has 0 amide bonds. The van der Waals surface area contributed by atoms with Crippen LogP contribution in [0, 0.1) is 0 Å². The molecule has 0 radical (unpaired) electrons. The maximum Gasteiger partial charge on any atom is 0.336 e. The van der Waals surface area contributed by atoms with Gasteiger partial charge in [-0.2, -0.15) is 0 Å². The third-order valence-corrected chi connectivity index (χ3v) is 4.26. The highest BCUT2D eigenvalue weighted by Gasteiger charge is 2.21. The summed E-state index contributed by atoms with van der Waals surface area (Å²) in [6.07, 6.45) is 3.49. The first-order chi connectivity index (χ1) is 13.5. The van der Waals surface area contributed by atoms with Gasteiger partial charge in [0.1, 0.15) is 0 Å². The Kier molecular flexibility index (Phi) is 12.1. The van der Waals surface area contributed by atoms with Gasteiger partial charge in [0, 0.05) is 13.2 Å². The summed E-state index contributed by atoms with van der Waals surface area (Å²) in [5, 5.41) is 36.5. The van der Waals surface area contributed by atoms with E-state index in [-0.39, 0.29) is 37.6 Å². The van der Waals surface area contributed by atoms with Gasteiger partial charge in [-0.3, -0.25) is 0 Å². The van der Waals surface area contributed by atoms with E-state index in [4.69, 9.17) is 19.7 Å². The molecule has 8 heteroatoms. The molecule has 0 atom stereocenters. The lowest BCUT2D eigenvalue weighted by Gasteiger charge is -2.15. The van der Waals surface area contributed by atoms with Crippen LogP contribution in [0.5, 0.6) is 0 Å². The van der Waals surface area contributed by atoms with E-state index < -0.39 is 11.9 Å². The minimum atomic E-state index is -1.14. The van der Waals surface area contributed by atoms with Crippen molar-refractivity contribution in [2.45, 2.75) is 38.5 Å². The molecule has 0 unspecified atom stereocenters. The predicted molar refractivity (Wildman–Crippen MR) is 102 cm³/mol. The van der Waals surface area contributed by atoms with Gasteiger partial charge in [-0.05, 0) is 55.7 Å². The summed E-state index contributed by atoms with van der Waals surface area (Å²) in [5.41, 5.74) is 1.05. The fraction of sp³-hybridized carbons (Fsp3) is 0.600. The van der Waals surface area contributed by atoms with Crippen molar-refractivity contribution in [1.82, 2.24) is 0 Å². The lowest BCUT2D eigenvalue weighted by atomic mass is 9.90. The van der Waals surface area contributed by atoms with E-state index in [1.165, 1.54) is 6.07 Å². The zero-order valence-electron chi connectivity index (χ0n) is 16.1. The van der Waals surface area contributed by atoms with Crippen LogP contribution >= 0.6 is 0 Å². The van der Waals surface area contributed by atoms with Crippen LogP contribution in [0.1, 0.15) is 57.5 Å². The van der Waals surface area contributed by atoms with Gasteiger partial charge in [0.25, 0.3) is 0 Å². The van der Waals surface area contributed by atoms with Crippen molar-refractivity contribution < 1.29 is 39.5 Å². The molecule has 0 heterocycles. The van der Waals surface area contributed by atoms with E-state index in [1.807, 2.05) is 0 Å². The fourth-order valence-electron chi connectivity index (χ4n) is 2.99. The number of aryl methyl sites for hydroxylation is 1. The predicted octanol–water partition coefficient (Wildman–Crippen LogP) is 1.75. The van der Waals surface area contributed by atoms with Gasteiger partial charge >= 0.3 is 11.9 Å². The SMILES string of the molecule is O=C(O)c1ccc(CCCCOCCO)c(C(=O)O)c1CCCCOCCO. The molecule has 0 bridgehead atoms. The summed E-state index contributed by atoms with van der Waals surface area (Å²) in [5.74, 6) is -2.26. The van der Waals surface area contributed by atoms with E-state index in [1.54, 1.807) is 6.07 Å². The van der Waals surface area contributed by atoms with Crippen molar-refractivity contribution in [1.29, 1.82) is 0 Å². The van der Waals surface area contributed by atoms with E-state index in [9.17, 15) is 19.8 Å².